The van der Waals surface area contributed by atoms with Gasteiger partial charge in [0.2, 0.25) is 0 Å². The first-order valence-corrected chi connectivity index (χ1v) is 7.87. The second-order valence-electron chi connectivity index (χ2n) is 5.59. The number of hydrogen-bond acceptors (Lipinski definition) is 3. The summed E-state index contributed by atoms with van der Waals surface area (Å²) in [5.41, 5.74) is 1.02. The summed E-state index contributed by atoms with van der Waals surface area (Å²) in [5, 5.41) is 14.7. The summed E-state index contributed by atoms with van der Waals surface area (Å²) in [6, 6.07) is 4.36. The second-order valence-corrected chi connectivity index (χ2v) is 5.59. The summed E-state index contributed by atoms with van der Waals surface area (Å²) >= 11 is 0. The molecular weight excluding hydrogens is 285 g/mol. The van der Waals surface area contributed by atoms with Crippen LogP contribution in [-0.2, 0) is 0 Å². The van der Waals surface area contributed by atoms with Crippen LogP contribution in [0.3, 0.4) is 0 Å². The molecule has 1 fully saturated rings. The lowest BCUT2D eigenvalue weighted by molar-refractivity contribution is 0.160. The zero-order valence-electron chi connectivity index (χ0n) is 12.9. The highest BCUT2D eigenvalue weighted by Gasteiger charge is 2.16. The van der Waals surface area contributed by atoms with Crippen LogP contribution in [0.2, 0.25) is 0 Å². The third kappa shape index (κ3) is 4.59. The molecule has 1 aliphatic rings. The van der Waals surface area contributed by atoms with Crippen molar-refractivity contribution in [2.45, 2.75) is 38.7 Å². The molecule has 5 nitrogen and oxygen atoms in total. The van der Waals surface area contributed by atoms with Gasteiger partial charge in [0.05, 0.1) is 11.8 Å². The normalized spacial score (nSPS) is 15.7. The Morgan fingerprint density at radius 3 is 2.77 bits per heavy atom. The standard InChI is InChI=1S/C16H24FN3O2/c1-2-13(21)7-8-18-16(22)19-12-5-6-15(14(17)11-12)20-9-3-4-10-20/h5-6,11,13,21H,2-4,7-10H2,1H3,(H2,18,19,22). The van der Waals surface area contributed by atoms with E-state index in [9.17, 15) is 14.3 Å². The molecule has 3 N–H and O–H groups in total. The minimum atomic E-state index is -0.405. The maximum atomic E-state index is 14.1. The van der Waals surface area contributed by atoms with Crippen LogP contribution in [0, 0.1) is 5.82 Å². The van der Waals surface area contributed by atoms with E-state index in [2.05, 4.69) is 10.6 Å². The average molecular weight is 309 g/mol. The van der Waals surface area contributed by atoms with Crippen LogP contribution >= 0.6 is 0 Å². The van der Waals surface area contributed by atoms with Gasteiger partial charge < -0.3 is 20.6 Å². The van der Waals surface area contributed by atoms with Gasteiger partial charge in [-0.15, -0.1) is 0 Å². The lowest BCUT2D eigenvalue weighted by atomic mass is 10.2. The highest BCUT2D eigenvalue weighted by molar-refractivity contribution is 5.89. The first-order chi connectivity index (χ1) is 10.6. The molecule has 122 valence electrons. The van der Waals surface area contributed by atoms with Crippen molar-refractivity contribution >= 4 is 17.4 Å². The number of halogens is 1. The molecule has 1 heterocycles. The number of anilines is 2. The molecular formula is C16H24FN3O2. The molecule has 2 amide bonds. The van der Waals surface area contributed by atoms with Crippen LogP contribution in [0.5, 0.6) is 0 Å². The monoisotopic (exact) mass is 309 g/mol. The molecule has 6 heteroatoms. The zero-order valence-corrected chi connectivity index (χ0v) is 12.9. The number of amides is 2. The quantitative estimate of drug-likeness (QED) is 0.757. The summed E-state index contributed by atoms with van der Waals surface area (Å²) in [6.07, 6.45) is 2.94. The third-order valence-corrected chi connectivity index (χ3v) is 3.89. The van der Waals surface area contributed by atoms with Crippen LogP contribution in [0.4, 0.5) is 20.6 Å². The number of carbonyl (C=O) groups is 1. The van der Waals surface area contributed by atoms with Crippen LogP contribution in [-0.4, -0.2) is 36.9 Å². The zero-order chi connectivity index (χ0) is 15.9. The molecule has 0 aromatic heterocycles. The highest BCUT2D eigenvalue weighted by Crippen LogP contribution is 2.25. The molecule has 2 rings (SSSR count). The third-order valence-electron chi connectivity index (χ3n) is 3.89. The van der Waals surface area contributed by atoms with Crippen molar-refractivity contribution in [3.05, 3.63) is 24.0 Å². The first-order valence-electron chi connectivity index (χ1n) is 7.87. The van der Waals surface area contributed by atoms with E-state index in [-0.39, 0.29) is 5.82 Å². The van der Waals surface area contributed by atoms with Gasteiger partial charge in [0.15, 0.2) is 0 Å². The van der Waals surface area contributed by atoms with Crippen LogP contribution < -0.4 is 15.5 Å². The molecule has 1 unspecified atom stereocenters. The average Bonchev–Trinajstić information content (AvgIpc) is 3.01. The predicted octanol–water partition coefficient (Wildman–Crippen LogP) is 2.71. The Balaban J connectivity index is 1.85. The number of nitrogens with one attached hydrogen (secondary N) is 2. The number of hydrogen-bond donors (Lipinski definition) is 3. The van der Waals surface area contributed by atoms with Gasteiger partial charge in [-0.2, -0.15) is 0 Å². The van der Waals surface area contributed by atoms with Crippen molar-refractivity contribution in [1.29, 1.82) is 0 Å². The fraction of sp³-hybridized carbons (Fsp3) is 0.562. The van der Waals surface area contributed by atoms with Gasteiger partial charge in [0.1, 0.15) is 5.82 Å². The van der Waals surface area contributed by atoms with Gasteiger partial charge in [-0.25, -0.2) is 9.18 Å². The molecule has 1 aromatic carbocycles. The van der Waals surface area contributed by atoms with E-state index in [4.69, 9.17) is 0 Å². The predicted molar refractivity (Wildman–Crippen MR) is 85.8 cm³/mol. The van der Waals surface area contributed by atoms with Crippen LogP contribution in [0.25, 0.3) is 0 Å². The van der Waals surface area contributed by atoms with Crippen molar-refractivity contribution in [3.63, 3.8) is 0 Å². The van der Waals surface area contributed by atoms with E-state index >= 15 is 0 Å². The molecule has 0 saturated carbocycles. The van der Waals surface area contributed by atoms with E-state index in [0.717, 1.165) is 25.9 Å². The fourth-order valence-electron chi connectivity index (χ4n) is 2.53. The number of rotatable bonds is 6. The summed E-state index contributed by atoms with van der Waals surface area (Å²) in [6.45, 7) is 4.03. The van der Waals surface area contributed by atoms with Crippen molar-refractivity contribution in [1.82, 2.24) is 5.32 Å². The highest BCUT2D eigenvalue weighted by atomic mass is 19.1. The summed E-state index contributed by atoms with van der Waals surface area (Å²) in [7, 11) is 0. The molecule has 0 radical (unpaired) electrons. The Bertz CT molecular complexity index is 504. The van der Waals surface area contributed by atoms with Gasteiger partial charge in [-0.3, -0.25) is 0 Å². The fourth-order valence-corrected chi connectivity index (χ4v) is 2.53. The molecule has 1 atom stereocenters. The Morgan fingerprint density at radius 1 is 1.41 bits per heavy atom. The van der Waals surface area contributed by atoms with Crippen molar-refractivity contribution in [2.75, 3.05) is 29.9 Å². The first kappa shape index (κ1) is 16.5. The van der Waals surface area contributed by atoms with E-state index in [1.807, 2.05) is 11.8 Å². The molecule has 0 aliphatic carbocycles. The van der Waals surface area contributed by atoms with Crippen molar-refractivity contribution in [3.8, 4) is 0 Å². The topological polar surface area (TPSA) is 64.6 Å². The molecule has 22 heavy (non-hydrogen) atoms. The van der Waals surface area contributed by atoms with E-state index < -0.39 is 12.1 Å². The summed E-state index contributed by atoms with van der Waals surface area (Å²) in [4.78, 5) is 13.7. The van der Waals surface area contributed by atoms with Gasteiger partial charge in [0.25, 0.3) is 0 Å². The molecule has 1 aliphatic heterocycles. The number of aliphatic hydroxyl groups excluding tert-OH is 1. The Kier molecular flexibility index (Phi) is 6.00. The van der Waals surface area contributed by atoms with E-state index in [0.29, 0.717) is 30.8 Å². The van der Waals surface area contributed by atoms with E-state index in [1.165, 1.54) is 6.07 Å². The lowest BCUT2D eigenvalue weighted by Crippen LogP contribution is -2.31. The number of benzene rings is 1. The molecule has 1 aromatic rings. The van der Waals surface area contributed by atoms with Crippen molar-refractivity contribution in [2.24, 2.45) is 0 Å². The van der Waals surface area contributed by atoms with E-state index in [1.54, 1.807) is 12.1 Å². The van der Waals surface area contributed by atoms with Gasteiger partial charge >= 0.3 is 6.03 Å². The van der Waals surface area contributed by atoms with Gasteiger partial charge in [-0.1, -0.05) is 6.92 Å². The number of carbonyl (C=O) groups excluding carboxylic acids is 1. The lowest BCUT2D eigenvalue weighted by Gasteiger charge is -2.19. The Labute approximate surface area is 130 Å². The van der Waals surface area contributed by atoms with Gasteiger partial charge in [-0.05, 0) is 43.9 Å². The van der Waals surface area contributed by atoms with Crippen LogP contribution in [0.15, 0.2) is 18.2 Å². The Morgan fingerprint density at radius 2 is 2.14 bits per heavy atom. The summed E-state index contributed by atoms with van der Waals surface area (Å²) < 4.78 is 14.1. The second kappa shape index (κ2) is 7.98. The largest absolute Gasteiger partial charge is 0.393 e. The number of urea groups is 1. The molecule has 0 spiro atoms. The minimum Gasteiger partial charge on any atom is -0.393 e. The SMILES string of the molecule is CCC(O)CCNC(=O)Nc1ccc(N2CCCC2)c(F)c1. The smallest absolute Gasteiger partial charge is 0.319 e. The maximum absolute atomic E-state index is 14.1. The summed E-state index contributed by atoms with van der Waals surface area (Å²) in [5.74, 6) is -0.318. The molecule has 0 bridgehead atoms. The van der Waals surface area contributed by atoms with Crippen LogP contribution in [0.1, 0.15) is 32.6 Å². The molecule has 1 saturated heterocycles. The maximum Gasteiger partial charge on any atom is 0.319 e. The number of nitrogens with zero attached hydrogens (tertiary/aromatic N) is 1. The minimum absolute atomic E-state index is 0.318. The van der Waals surface area contributed by atoms with Crippen molar-refractivity contribution < 1.29 is 14.3 Å². The van der Waals surface area contributed by atoms with Gasteiger partial charge in [0, 0.05) is 25.3 Å². The Hall–Kier alpha value is -1.82. The number of aliphatic hydroxyl groups is 1.